The zero-order valence-electron chi connectivity index (χ0n) is 11.2. The number of aromatic nitrogens is 1. The summed E-state index contributed by atoms with van der Waals surface area (Å²) in [6.45, 7) is 0.203. The molecular formula is C14H16N2O4. The number of hydrogen-bond donors (Lipinski definition) is 1. The van der Waals surface area contributed by atoms with Crippen molar-refractivity contribution < 1.29 is 19.4 Å². The molecule has 0 aliphatic rings. The van der Waals surface area contributed by atoms with Gasteiger partial charge < -0.3 is 19.1 Å². The Morgan fingerprint density at radius 3 is 2.85 bits per heavy atom. The first-order chi connectivity index (χ1) is 9.61. The summed E-state index contributed by atoms with van der Waals surface area (Å²) in [6, 6.07) is 7.36. The van der Waals surface area contributed by atoms with Gasteiger partial charge in [-0.1, -0.05) is 6.07 Å². The highest BCUT2D eigenvalue weighted by molar-refractivity contribution is 5.97. The van der Waals surface area contributed by atoms with Crippen molar-refractivity contribution in [1.82, 2.24) is 9.30 Å². The van der Waals surface area contributed by atoms with Crippen LogP contribution in [-0.4, -0.2) is 53.1 Å². The van der Waals surface area contributed by atoms with Crippen molar-refractivity contribution in [2.24, 2.45) is 0 Å². The minimum Gasteiger partial charge on any atom is -0.480 e. The Balaban J connectivity index is 2.22. The molecule has 0 saturated carbocycles. The SMILES string of the molecule is COCCN(CC(=O)O)C(=O)c1cc2ccccn2c1. The van der Waals surface area contributed by atoms with Crippen LogP contribution in [0.25, 0.3) is 5.52 Å². The molecular weight excluding hydrogens is 260 g/mol. The highest BCUT2D eigenvalue weighted by Crippen LogP contribution is 2.12. The largest absolute Gasteiger partial charge is 0.480 e. The molecule has 0 fully saturated rings. The Bertz CT molecular complexity index is 587. The van der Waals surface area contributed by atoms with Gasteiger partial charge >= 0.3 is 5.97 Å². The summed E-state index contributed by atoms with van der Waals surface area (Å²) in [7, 11) is 1.51. The molecule has 0 aromatic carbocycles. The Labute approximate surface area is 116 Å². The fraction of sp³-hybridized carbons (Fsp3) is 0.286. The zero-order chi connectivity index (χ0) is 14.5. The van der Waals surface area contributed by atoms with Crippen molar-refractivity contribution in [3.63, 3.8) is 0 Å². The zero-order valence-corrected chi connectivity index (χ0v) is 11.2. The number of aliphatic carboxylic acids is 1. The summed E-state index contributed by atoms with van der Waals surface area (Å²) in [6.07, 6.45) is 3.53. The maximum Gasteiger partial charge on any atom is 0.323 e. The first kappa shape index (κ1) is 14.1. The van der Waals surface area contributed by atoms with E-state index in [4.69, 9.17) is 9.84 Å². The maximum atomic E-state index is 12.3. The van der Waals surface area contributed by atoms with Crippen molar-refractivity contribution in [2.45, 2.75) is 0 Å². The van der Waals surface area contributed by atoms with Crippen molar-refractivity contribution in [3.8, 4) is 0 Å². The van der Waals surface area contributed by atoms with E-state index in [1.54, 1.807) is 12.3 Å². The number of fused-ring (bicyclic) bond motifs is 1. The molecule has 106 valence electrons. The molecule has 0 unspecified atom stereocenters. The van der Waals surface area contributed by atoms with E-state index in [0.29, 0.717) is 12.2 Å². The Hall–Kier alpha value is -2.34. The van der Waals surface area contributed by atoms with Crippen molar-refractivity contribution >= 4 is 17.4 Å². The molecule has 0 spiro atoms. The fourth-order valence-electron chi connectivity index (χ4n) is 1.97. The molecule has 2 aromatic rings. The van der Waals surface area contributed by atoms with Gasteiger partial charge in [0.25, 0.3) is 5.91 Å². The number of carboxylic acids is 1. The molecule has 2 heterocycles. The number of pyridine rings is 1. The topological polar surface area (TPSA) is 71.2 Å². The molecule has 0 radical (unpaired) electrons. The molecule has 0 atom stereocenters. The van der Waals surface area contributed by atoms with Crippen LogP contribution in [0.3, 0.4) is 0 Å². The van der Waals surface area contributed by atoms with Crippen LogP contribution in [0.4, 0.5) is 0 Å². The van der Waals surface area contributed by atoms with Gasteiger partial charge in [-0.05, 0) is 18.2 Å². The lowest BCUT2D eigenvalue weighted by Gasteiger charge is -2.19. The van der Waals surface area contributed by atoms with E-state index in [2.05, 4.69) is 0 Å². The van der Waals surface area contributed by atoms with E-state index in [9.17, 15) is 9.59 Å². The van der Waals surface area contributed by atoms with Gasteiger partial charge in [-0.25, -0.2) is 0 Å². The van der Waals surface area contributed by atoms with Gasteiger partial charge in [-0.2, -0.15) is 0 Å². The van der Waals surface area contributed by atoms with Gasteiger partial charge in [0.2, 0.25) is 0 Å². The molecule has 20 heavy (non-hydrogen) atoms. The third kappa shape index (κ3) is 3.16. The van der Waals surface area contributed by atoms with Crippen LogP contribution in [0.2, 0.25) is 0 Å². The Morgan fingerprint density at radius 1 is 1.40 bits per heavy atom. The number of hydrogen-bond acceptors (Lipinski definition) is 3. The van der Waals surface area contributed by atoms with Crippen molar-refractivity contribution in [1.29, 1.82) is 0 Å². The molecule has 1 amide bonds. The minimum atomic E-state index is -1.04. The van der Waals surface area contributed by atoms with Gasteiger partial charge in [-0.3, -0.25) is 9.59 Å². The van der Waals surface area contributed by atoms with E-state index < -0.39 is 5.97 Å². The smallest absolute Gasteiger partial charge is 0.323 e. The monoisotopic (exact) mass is 276 g/mol. The quantitative estimate of drug-likeness (QED) is 0.858. The predicted octanol–water partition coefficient (Wildman–Crippen LogP) is 1.11. The third-order valence-corrected chi connectivity index (χ3v) is 2.93. The molecule has 2 rings (SSSR count). The van der Waals surface area contributed by atoms with Crippen LogP contribution in [-0.2, 0) is 9.53 Å². The van der Waals surface area contributed by atoms with Crippen molar-refractivity contribution in [3.05, 3.63) is 42.2 Å². The second-order valence-electron chi connectivity index (χ2n) is 4.37. The number of rotatable bonds is 6. The normalized spacial score (nSPS) is 10.7. The lowest BCUT2D eigenvalue weighted by molar-refractivity contribution is -0.137. The van der Waals surface area contributed by atoms with Gasteiger partial charge in [0.05, 0.1) is 12.2 Å². The summed E-state index contributed by atoms with van der Waals surface area (Å²) >= 11 is 0. The number of methoxy groups -OCH3 is 1. The van der Waals surface area contributed by atoms with Crippen molar-refractivity contribution in [2.75, 3.05) is 26.8 Å². The molecule has 6 nitrogen and oxygen atoms in total. The summed E-state index contributed by atoms with van der Waals surface area (Å²) in [4.78, 5) is 24.5. The summed E-state index contributed by atoms with van der Waals surface area (Å²) in [5.41, 5.74) is 1.35. The third-order valence-electron chi connectivity index (χ3n) is 2.93. The maximum absolute atomic E-state index is 12.3. The summed E-state index contributed by atoms with van der Waals surface area (Å²) < 4.78 is 6.73. The number of ether oxygens (including phenoxy) is 1. The van der Waals surface area contributed by atoms with Crippen LogP contribution < -0.4 is 0 Å². The molecule has 0 saturated heterocycles. The minimum absolute atomic E-state index is 0.244. The summed E-state index contributed by atoms with van der Waals surface area (Å²) in [5.74, 6) is -1.36. The van der Waals surface area contributed by atoms with Gasteiger partial charge in [0.15, 0.2) is 0 Å². The molecule has 1 N–H and O–H groups in total. The van der Waals surface area contributed by atoms with Crippen LogP contribution in [0, 0.1) is 0 Å². The van der Waals surface area contributed by atoms with E-state index >= 15 is 0 Å². The number of carbonyl (C=O) groups is 2. The van der Waals surface area contributed by atoms with Crippen LogP contribution in [0.5, 0.6) is 0 Å². The van der Waals surface area contributed by atoms with E-state index in [-0.39, 0.29) is 19.0 Å². The number of nitrogens with zero attached hydrogens (tertiary/aromatic N) is 2. The molecule has 0 aliphatic heterocycles. The van der Waals surface area contributed by atoms with E-state index in [1.807, 2.05) is 28.8 Å². The standard InChI is InChI=1S/C14H16N2O4/c1-20-7-6-16(10-13(17)18)14(19)11-8-12-4-2-3-5-15(12)9-11/h2-5,8-9H,6-7,10H2,1H3,(H,17,18). The number of carboxylic acid groups (broad SMARTS) is 1. The van der Waals surface area contributed by atoms with E-state index in [1.165, 1.54) is 12.0 Å². The molecule has 6 heteroatoms. The van der Waals surface area contributed by atoms with Crippen LogP contribution >= 0.6 is 0 Å². The second-order valence-corrected chi connectivity index (χ2v) is 4.37. The van der Waals surface area contributed by atoms with Crippen LogP contribution in [0.1, 0.15) is 10.4 Å². The molecule has 0 aliphatic carbocycles. The first-order valence-corrected chi connectivity index (χ1v) is 6.18. The lowest BCUT2D eigenvalue weighted by Crippen LogP contribution is -2.37. The van der Waals surface area contributed by atoms with Gasteiger partial charge in [-0.15, -0.1) is 0 Å². The number of amides is 1. The molecule has 0 bridgehead atoms. The number of carbonyl (C=O) groups excluding carboxylic acids is 1. The van der Waals surface area contributed by atoms with Crippen LogP contribution in [0.15, 0.2) is 36.7 Å². The lowest BCUT2D eigenvalue weighted by atomic mass is 10.2. The highest BCUT2D eigenvalue weighted by Gasteiger charge is 2.19. The van der Waals surface area contributed by atoms with Gasteiger partial charge in [0.1, 0.15) is 6.54 Å². The Morgan fingerprint density at radius 2 is 2.20 bits per heavy atom. The highest BCUT2D eigenvalue weighted by atomic mass is 16.5. The summed E-state index contributed by atoms with van der Waals surface area (Å²) in [5, 5.41) is 8.88. The predicted molar refractivity (Wildman–Crippen MR) is 72.8 cm³/mol. The average Bonchev–Trinajstić information content (AvgIpc) is 2.86. The fourth-order valence-corrected chi connectivity index (χ4v) is 1.97. The average molecular weight is 276 g/mol. The second kappa shape index (κ2) is 6.21. The van der Waals surface area contributed by atoms with E-state index in [0.717, 1.165) is 5.52 Å². The molecule has 2 aromatic heterocycles. The first-order valence-electron chi connectivity index (χ1n) is 6.18. The Kier molecular flexibility index (Phi) is 4.37. The van der Waals surface area contributed by atoms with Gasteiger partial charge in [0, 0.05) is 31.6 Å².